The van der Waals surface area contributed by atoms with E-state index in [-0.39, 0.29) is 12.2 Å². The van der Waals surface area contributed by atoms with E-state index >= 15 is 0 Å². The number of alkyl halides is 5. The molecule has 1 aromatic rings. The second kappa shape index (κ2) is 5.46. The highest BCUT2D eigenvalue weighted by Gasteiger charge is 2.72. The van der Waals surface area contributed by atoms with Crippen LogP contribution in [0, 0.1) is 5.41 Å². The third-order valence-electron chi connectivity index (χ3n) is 6.43. The Labute approximate surface area is 158 Å². The number of halogens is 5. The Hall–Kier alpha value is -1.71. The van der Waals surface area contributed by atoms with Crippen molar-refractivity contribution in [1.29, 1.82) is 0 Å². The highest BCUT2D eigenvalue weighted by Crippen LogP contribution is 2.70. The van der Waals surface area contributed by atoms with Crippen LogP contribution in [0.25, 0.3) is 0 Å². The predicted molar refractivity (Wildman–Crippen MR) is 86.1 cm³/mol. The Kier molecular flexibility index (Phi) is 3.82. The van der Waals surface area contributed by atoms with Crippen molar-refractivity contribution in [3.63, 3.8) is 0 Å². The fourth-order valence-electron chi connectivity index (χ4n) is 5.35. The molecule has 5 nitrogen and oxygen atoms in total. The molecule has 4 saturated carbocycles. The fraction of sp³-hybridized carbons (Fsp3) is 0.778. The second-order valence-electron chi connectivity index (χ2n) is 8.94. The highest BCUT2D eigenvalue weighted by atomic mass is 19.4. The highest BCUT2D eigenvalue weighted by molar-refractivity contribution is 5.90. The van der Waals surface area contributed by atoms with E-state index in [1.807, 2.05) is 0 Å². The molecular formula is C18H21F5N2O3. The van der Waals surface area contributed by atoms with Crippen molar-refractivity contribution < 1.29 is 36.2 Å². The van der Waals surface area contributed by atoms with Gasteiger partial charge in [0.1, 0.15) is 5.56 Å². The lowest BCUT2D eigenvalue weighted by atomic mass is 9.39. The fourth-order valence-corrected chi connectivity index (χ4v) is 5.35. The van der Waals surface area contributed by atoms with E-state index in [4.69, 9.17) is 4.74 Å². The van der Waals surface area contributed by atoms with E-state index in [0.717, 1.165) is 11.8 Å². The molecule has 4 aliphatic carbocycles. The smallest absolute Gasteiger partial charge is 0.420 e. The van der Waals surface area contributed by atoms with Gasteiger partial charge in [-0.3, -0.25) is 4.68 Å². The van der Waals surface area contributed by atoms with Gasteiger partial charge in [-0.05, 0) is 24.7 Å². The average Bonchev–Trinajstić information content (AvgIpc) is 2.80. The summed E-state index contributed by atoms with van der Waals surface area (Å²) >= 11 is 0. The van der Waals surface area contributed by atoms with Crippen molar-refractivity contribution in [2.45, 2.75) is 68.7 Å². The van der Waals surface area contributed by atoms with Crippen molar-refractivity contribution in [2.24, 2.45) is 5.41 Å². The molecule has 156 valence electrons. The van der Waals surface area contributed by atoms with Crippen LogP contribution >= 0.6 is 0 Å². The molecule has 0 aromatic carbocycles. The lowest BCUT2D eigenvalue weighted by molar-refractivity contribution is -0.235. The SMILES string of the molecule is COC(=O)c1c(C(F)(F)F)c(C23CC(OC)(C2)C3)nn1CC1(C)CC(F)(F)C1. The molecule has 28 heavy (non-hydrogen) atoms. The summed E-state index contributed by atoms with van der Waals surface area (Å²) in [6, 6.07) is 0. The summed E-state index contributed by atoms with van der Waals surface area (Å²) in [5.74, 6) is -4.02. The van der Waals surface area contributed by atoms with Crippen molar-refractivity contribution in [3.05, 3.63) is 17.0 Å². The maximum Gasteiger partial charge on any atom is 0.420 e. The summed E-state index contributed by atoms with van der Waals surface area (Å²) < 4.78 is 79.4. The first kappa shape index (κ1) is 19.6. The quantitative estimate of drug-likeness (QED) is 0.547. The number of ether oxygens (including phenoxy) is 2. The lowest BCUT2D eigenvalue weighted by Gasteiger charge is -2.68. The van der Waals surface area contributed by atoms with Crippen LogP contribution in [0.1, 0.15) is 60.8 Å². The molecule has 5 rings (SSSR count). The number of hydrogen-bond donors (Lipinski definition) is 0. The van der Waals surface area contributed by atoms with E-state index < -0.39 is 58.6 Å². The third kappa shape index (κ3) is 2.67. The largest absolute Gasteiger partial charge is 0.464 e. The zero-order chi connectivity index (χ0) is 20.8. The number of aromatic nitrogens is 2. The molecular weight excluding hydrogens is 387 g/mol. The Bertz CT molecular complexity index is 817. The van der Waals surface area contributed by atoms with E-state index in [1.54, 1.807) is 6.92 Å². The Morgan fingerprint density at radius 2 is 1.71 bits per heavy atom. The van der Waals surface area contributed by atoms with Crippen LogP contribution in [-0.4, -0.2) is 41.5 Å². The van der Waals surface area contributed by atoms with Gasteiger partial charge in [-0.1, -0.05) is 6.92 Å². The van der Waals surface area contributed by atoms with E-state index in [0.29, 0.717) is 19.3 Å². The number of methoxy groups -OCH3 is 2. The summed E-state index contributed by atoms with van der Waals surface area (Å²) in [6.45, 7) is 1.35. The van der Waals surface area contributed by atoms with Crippen molar-refractivity contribution in [1.82, 2.24) is 9.78 Å². The molecule has 0 N–H and O–H groups in total. The van der Waals surface area contributed by atoms with Gasteiger partial charge in [-0.2, -0.15) is 18.3 Å². The maximum absolute atomic E-state index is 13.9. The number of carbonyl (C=O) groups is 1. The van der Waals surface area contributed by atoms with Crippen LogP contribution in [-0.2, 0) is 27.6 Å². The van der Waals surface area contributed by atoms with Gasteiger partial charge in [0.2, 0.25) is 5.92 Å². The number of nitrogens with zero attached hydrogens (tertiary/aromatic N) is 2. The average molecular weight is 408 g/mol. The second-order valence-corrected chi connectivity index (χ2v) is 8.94. The summed E-state index contributed by atoms with van der Waals surface area (Å²) in [6.07, 6.45) is -4.56. The zero-order valence-corrected chi connectivity index (χ0v) is 15.8. The molecule has 0 unspecified atom stereocenters. The molecule has 0 saturated heterocycles. The summed E-state index contributed by atoms with van der Waals surface area (Å²) in [4.78, 5) is 12.2. The first-order chi connectivity index (χ1) is 12.8. The molecule has 1 aromatic heterocycles. The summed E-state index contributed by atoms with van der Waals surface area (Å²) in [5, 5.41) is 4.15. The van der Waals surface area contributed by atoms with Gasteiger partial charge in [0.25, 0.3) is 0 Å². The Balaban J connectivity index is 1.77. The minimum atomic E-state index is -4.82. The van der Waals surface area contributed by atoms with Gasteiger partial charge in [0.05, 0.1) is 18.4 Å². The molecule has 0 spiro atoms. The van der Waals surface area contributed by atoms with Crippen molar-refractivity contribution >= 4 is 5.97 Å². The van der Waals surface area contributed by atoms with Crippen molar-refractivity contribution in [2.75, 3.05) is 14.2 Å². The van der Waals surface area contributed by atoms with E-state index in [2.05, 4.69) is 9.84 Å². The number of rotatable bonds is 5. The van der Waals surface area contributed by atoms with Gasteiger partial charge in [-0.15, -0.1) is 0 Å². The normalized spacial score (nSPS) is 32.1. The molecule has 2 bridgehead atoms. The Morgan fingerprint density at radius 3 is 2.14 bits per heavy atom. The molecule has 4 aliphatic rings. The standard InChI is InChI=1S/C18H21F5N2O3/c1-14(4-17(19,20)5-14)9-25-11(13(26)27-2)10(18(21,22)23)12(24-25)15-6-16(7-15,8-15)28-3/h4-9H2,1-3H3. The molecule has 0 radical (unpaired) electrons. The summed E-state index contributed by atoms with van der Waals surface area (Å²) in [7, 11) is 2.50. The van der Waals surface area contributed by atoms with Crippen molar-refractivity contribution in [3.8, 4) is 0 Å². The van der Waals surface area contributed by atoms with E-state index in [9.17, 15) is 26.7 Å². The minimum absolute atomic E-state index is 0.200. The van der Waals surface area contributed by atoms with Gasteiger partial charge >= 0.3 is 12.1 Å². The number of carbonyl (C=O) groups excluding carboxylic acids is 1. The summed E-state index contributed by atoms with van der Waals surface area (Å²) in [5.41, 5.74) is -4.17. The molecule has 0 atom stereocenters. The lowest BCUT2D eigenvalue weighted by Crippen LogP contribution is -2.71. The monoisotopic (exact) mass is 408 g/mol. The van der Waals surface area contributed by atoms with Crippen LogP contribution in [0.15, 0.2) is 0 Å². The first-order valence-electron chi connectivity index (χ1n) is 8.98. The van der Waals surface area contributed by atoms with Gasteiger partial charge in [0.15, 0.2) is 5.69 Å². The van der Waals surface area contributed by atoms with Gasteiger partial charge in [0, 0.05) is 31.9 Å². The van der Waals surface area contributed by atoms with Crippen LogP contribution in [0.3, 0.4) is 0 Å². The molecule has 0 amide bonds. The topological polar surface area (TPSA) is 53.4 Å². The molecule has 10 heteroatoms. The van der Waals surface area contributed by atoms with Gasteiger partial charge in [-0.25, -0.2) is 13.6 Å². The van der Waals surface area contributed by atoms with Gasteiger partial charge < -0.3 is 9.47 Å². The predicted octanol–water partition coefficient (Wildman–Crippen LogP) is 3.94. The zero-order valence-electron chi connectivity index (χ0n) is 15.8. The third-order valence-corrected chi connectivity index (χ3v) is 6.43. The minimum Gasteiger partial charge on any atom is -0.464 e. The molecule has 4 fully saturated rings. The maximum atomic E-state index is 13.9. The Morgan fingerprint density at radius 1 is 1.14 bits per heavy atom. The van der Waals surface area contributed by atoms with E-state index in [1.165, 1.54) is 7.11 Å². The van der Waals surface area contributed by atoms with Crippen LogP contribution in [0.5, 0.6) is 0 Å². The molecule has 1 heterocycles. The molecule has 0 aliphatic heterocycles. The van der Waals surface area contributed by atoms with Crippen LogP contribution < -0.4 is 0 Å². The van der Waals surface area contributed by atoms with Crippen LogP contribution in [0.4, 0.5) is 22.0 Å². The number of hydrogen-bond acceptors (Lipinski definition) is 4. The van der Waals surface area contributed by atoms with Crippen LogP contribution in [0.2, 0.25) is 0 Å². The number of esters is 1. The first-order valence-corrected chi connectivity index (χ1v) is 8.98.